The molecule has 2 aromatic rings. The van der Waals surface area contributed by atoms with Crippen LogP contribution in [0.1, 0.15) is 85.1 Å². The van der Waals surface area contributed by atoms with E-state index < -0.39 is 0 Å². The Balaban J connectivity index is 1.27. The summed E-state index contributed by atoms with van der Waals surface area (Å²) < 4.78 is 0. The van der Waals surface area contributed by atoms with Gasteiger partial charge in [0.2, 0.25) is 0 Å². The molecule has 4 aliphatic carbocycles. The molecule has 2 heteroatoms. The lowest BCUT2D eigenvalue weighted by atomic mass is 9.47. The summed E-state index contributed by atoms with van der Waals surface area (Å²) >= 11 is 0. The fourth-order valence-corrected chi connectivity index (χ4v) is 8.79. The molecule has 186 valence electrons. The van der Waals surface area contributed by atoms with E-state index in [9.17, 15) is 0 Å². The molecule has 0 bridgehead atoms. The molecule has 0 N–H and O–H groups in total. The van der Waals surface area contributed by atoms with Crippen LogP contribution in [0.2, 0.25) is 0 Å². The SMILES string of the molecule is CN([C@H]1CC[C@@]2(C)C(=CC[C@@H]3[C@@H]2CC[C@]2(C)C(c4ccc5ccncc5c4)=CC[C@@H]32)C1)C(C)(C)C. The van der Waals surface area contributed by atoms with E-state index in [0.29, 0.717) is 16.9 Å². The maximum atomic E-state index is 4.38. The lowest BCUT2D eigenvalue weighted by Crippen LogP contribution is -2.53. The van der Waals surface area contributed by atoms with Gasteiger partial charge < -0.3 is 0 Å². The topological polar surface area (TPSA) is 16.1 Å². The summed E-state index contributed by atoms with van der Waals surface area (Å²) in [6.45, 7) is 12.3. The molecule has 0 unspecified atom stereocenters. The van der Waals surface area contributed by atoms with Gasteiger partial charge in [-0.1, -0.05) is 43.7 Å². The number of allylic oxidation sites excluding steroid dienone is 3. The Morgan fingerprint density at radius 3 is 2.51 bits per heavy atom. The van der Waals surface area contributed by atoms with E-state index in [1.165, 1.54) is 61.3 Å². The van der Waals surface area contributed by atoms with E-state index in [-0.39, 0.29) is 5.54 Å². The van der Waals surface area contributed by atoms with Crippen LogP contribution in [0.3, 0.4) is 0 Å². The molecule has 6 atom stereocenters. The Bertz CT molecular complexity index is 1200. The zero-order valence-electron chi connectivity index (χ0n) is 22.8. The lowest BCUT2D eigenvalue weighted by molar-refractivity contribution is -0.0229. The molecule has 4 aliphatic rings. The Morgan fingerprint density at radius 2 is 1.71 bits per heavy atom. The van der Waals surface area contributed by atoms with Gasteiger partial charge in [0.05, 0.1) is 0 Å². The minimum atomic E-state index is 0.244. The summed E-state index contributed by atoms with van der Waals surface area (Å²) in [5.74, 6) is 2.47. The maximum absolute atomic E-state index is 4.38. The highest BCUT2D eigenvalue weighted by atomic mass is 15.2. The number of pyridine rings is 1. The number of nitrogens with zero attached hydrogens (tertiary/aromatic N) is 2. The molecule has 1 heterocycles. The summed E-state index contributed by atoms with van der Waals surface area (Å²) in [6, 6.07) is 9.86. The van der Waals surface area contributed by atoms with Gasteiger partial charge in [-0.25, -0.2) is 0 Å². The molecule has 0 radical (unpaired) electrons. The smallest absolute Gasteiger partial charge is 0.0346 e. The maximum Gasteiger partial charge on any atom is 0.0346 e. The minimum absolute atomic E-state index is 0.244. The van der Waals surface area contributed by atoms with E-state index in [1.807, 2.05) is 12.4 Å². The number of hydrogen-bond acceptors (Lipinski definition) is 2. The quantitative estimate of drug-likeness (QED) is 0.412. The van der Waals surface area contributed by atoms with Crippen LogP contribution in [0.15, 0.2) is 54.4 Å². The Labute approximate surface area is 212 Å². The molecule has 0 saturated heterocycles. The highest BCUT2D eigenvalue weighted by Gasteiger charge is 2.57. The summed E-state index contributed by atoms with van der Waals surface area (Å²) in [5, 5.41) is 2.56. The van der Waals surface area contributed by atoms with E-state index in [2.05, 4.69) is 88.0 Å². The second kappa shape index (κ2) is 8.04. The molecule has 0 amide bonds. The summed E-state index contributed by atoms with van der Waals surface area (Å²) in [6.07, 6.45) is 18.5. The molecule has 1 aromatic heterocycles. The highest BCUT2D eigenvalue weighted by Crippen LogP contribution is 2.66. The van der Waals surface area contributed by atoms with Crippen LogP contribution in [-0.4, -0.2) is 28.5 Å². The third kappa shape index (κ3) is 3.57. The van der Waals surface area contributed by atoms with Gasteiger partial charge >= 0.3 is 0 Å². The Hall–Kier alpha value is -1.93. The molecule has 6 rings (SSSR count). The standard InChI is InChI=1S/C33H44N2/c1-31(2,3)35(6)26-13-16-32(4)25(20-26)9-10-27-29-12-11-28(33(29,5)17-14-30(27)32)23-8-7-22-15-18-34-21-24(22)19-23/h7-9,11,15,18-19,21,26-27,29-30H,10,12-14,16-17,20H2,1-6H3/t26-,27-,29-,30-,32-,33+/m0/s1. The van der Waals surface area contributed by atoms with Gasteiger partial charge in [0.25, 0.3) is 0 Å². The molecule has 2 saturated carbocycles. The van der Waals surface area contributed by atoms with E-state index in [0.717, 1.165) is 17.8 Å². The third-order valence-electron chi connectivity index (χ3n) is 11.2. The van der Waals surface area contributed by atoms with Crippen molar-refractivity contribution in [1.82, 2.24) is 9.88 Å². The van der Waals surface area contributed by atoms with Crippen molar-refractivity contribution in [3.05, 3.63) is 59.9 Å². The first-order valence-electron chi connectivity index (χ1n) is 14.1. The van der Waals surface area contributed by atoms with Gasteiger partial charge in [-0.2, -0.15) is 0 Å². The number of hydrogen-bond donors (Lipinski definition) is 0. The monoisotopic (exact) mass is 468 g/mol. The van der Waals surface area contributed by atoms with Crippen LogP contribution in [0.25, 0.3) is 16.3 Å². The van der Waals surface area contributed by atoms with Crippen LogP contribution in [0.5, 0.6) is 0 Å². The van der Waals surface area contributed by atoms with Crippen molar-refractivity contribution in [2.45, 2.75) is 91.1 Å². The first-order valence-corrected chi connectivity index (χ1v) is 14.1. The van der Waals surface area contributed by atoms with Crippen LogP contribution in [0, 0.1) is 28.6 Å². The fourth-order valence-electron chi connectivity index (χ4n) is 8.79. The first kappa shape index (κ1) is 23.5. The molecule has 2 nitrogen and oxygen atoms in total. The summed E-state index contributed by atoms with van der Waals surface area (Å²) in [5.41, 5.74) is 5.80. The second-order valence-corrected chi connectivity index (χ2v) is 13.7. The second-order valence-electron chi connectivity index (χ2n) is 13.7. The lowest BCUT2D eigenvalue weighted by Gasteiger charge is -2.59. The molecule has 2 fully saturated rings. The fraction of sp³-hybridized carbons (Fsp3) is 0.606. The van der Waals surface area contributed by atoms with Gasteiger partial charge in [-0.15, -0.1) is 0 Å². The predicted molar refractivity (Wildman–Crippen MR) is 148 cm³/mol. The van der Waals surface area contributed by atoms with E-state index in [1.54, 1.807) is 11.1 Å². The van der Waals surface area contributed by atoms with Gasteiger partial charge in [0, 0.05) is 29.4 Å². The first-order chi connectivity index (χ1) is 16.6. The molecular weight excluding hydrogens is 424 g/mol. The van der Waals surface area contributed by atoms with E-state index in [4.69, 9.17) is 0 Å². The van der Waals surface area contributed by atoms with Gasteiger partial charge in [-0.3, -0.25) is 9.88 Å². The van der Waals surface area contributed by atoms with Gasteiger partial charge in [-0.05, 0) is 130 Å². The van der Waals surface area contributed by atoms with Crippen LogP contribution < -0.4 is 0 Å². The number of benzene rings is 1. The van der Waals surface area contributed by atoms with Crippen molar-refractivity contribution in [2.75, 3.05) is 7.05 Å². The predicted octanol–water partition coefficient (Wildman–Crippen LogP) is 8.29. The molecule has 1 aromatic carbocycles. The third-order valence-corrected chi connectivity index (χ3v) is 11.2. The molecule has 0 spiro atoms. The van der Waals surface area contributed by atoms with Crippen molar-refractivity contribution in [3.63, 3.8) is 0 Å². The molecule has 35 heavy (non-hydrogen) atoms. The Kier molecular flexibility index (Phi) is 5.39. The van der Waals surface area contributed by atoms with Crippen molar-refractivity contribution in [1.29, 1.82) is 0 Å². The van der Waals surface area contributed by atoms with Gasteiger partial charge in [0.15, 0.2) is 0 Å². The molecule has 0 aliphatic heterocycles. The van der Waals surface area contributed by atoms with Crippen molar-refractivity contribution in [3.8, 4) is 0 Å². The number of fused-ring (bicyclic) bond motifs is 6. The van der Waals surface area contributed by atoms with E-state index >= 15 is 0 Å². The van der Waals surface area contributed by atoms with Crippen molar-refractivity contribution < 1.29 is 0 Å². The molecular formula is C33H44N2. The van der Waals surface area contributed by atoms with Gasteiger partial charge in [0.1, 0.15) is 0 Å². The van der Waals surface area contributed by atoms with Crippen LogP contribution >= 0.6 is 0 Å². The zero-order valence-corrected chi connectivity index (χ0v) is 22.8. The number of aromatic nitrogens is 1. The van der Waals surface area contributed by atoms with Crippen LogP contribution in [0.4, 0.5) is 0 Å². The number of rotatable bonds is 2. The highest BCUT2D eigenvalue weighted by molar-refractivity contribution is 5.86. The zero-order chi connectivity index (χ0) is 24.6. The van der Waals surface area contributed by atoms with Crippen molar-refractivity contribution >= 4 is 16.3 Å². The average molecular weight is 469 g/mol. The minimum Gasteiger partial charge on any atom is -0.298 e. The summed E-state index contributed by atoms with van der Waals surface area (Å²) in [4.78, 5) is 7.02. The van der Waals surface area contributed by atoms with Crippen LogP contribution in [-0.2, 0) is 0 Å². The van der Waals surface area contributed by atoms with Crippen molar-refractivity contribution in [2.24, 2.45) is 28.6 Å². The summed E-state index contributed by atoms with van der Waals surface area (Å²) in [7, 11) is 2.35. The largest absolute Gasteiger partial charge is 0.298 e. The average Bonchev–Trinajstić information content (AvgIpc) is 3.19. The Morgan fingerprint density at radius 1 is 0.914 bits per heavy atom. The normalized spacial score (nSPS) is 36.9.